The molecular weight excluding hydrogens is 690 g/mol. The van der Waals surface area contributed by atoms with E-state index in [9.17, 15) is 19.2 Å². The summed E-state index contributed by atoms with van der Waals surface area (Å²) >= 11 is 7.52. The van der Waals surface area contributed by atoms with E-state index in [2.05, 4.69) is 48.8 Å². The lowest BCUT2D eigenvalue weighted by molar-refractivity contribution is -0.136. The van der Waals surface area contributed by atoms with Crippen LogP contribution in [0.25, 0.3) is 0 Å². The van der Waals surface area contributed by atoms with E-state index < -0.39 is 11.9 Å². The maximum atomic E-state index is 13.1. The van der Waals surface area contributed by atoms with Gasteiger partial charge in [0.1, 0.15) is 28.4 Å². The fourth-order valence-corrected chi connectivity index (χ4v) is 7.96. The maximum absolute atomic E-state index is 13.1. The number of para-hydroxylation sites is 1. The normalized spacial score (nSPS) is 17.9. The van der Waals surface area contributed by atoms with Crippen LogP contribution in [0.4, 0.5) is 22.5 Å². The average Bonchev–Trinajstić information content (AvgIpc) is 3.70. The summed E-state index contributed by atoms with van der Waals surface area (Å²) < 4.78 is 0. The lowest BCUT2D eigenvalue weighted by Gasteiger charge is -2.37. The minimum absolute atomic E-state index is 0.159. The molecule has 4 aromatic rings. The van der Waals surface area contributed by atoms with Crippen LogP contribution in [0.1, 0.15) is 68.2 Å². The van der Waals surface area contributed by atoms with Crippen LogP contribution >= 0.6 is 22.9 Å². The molecule has 51 heavy (non-hydrogen) atoms. The molecule has 0 spiro atoms. The van der Waals surface area contributed by atoms with E-state index in [1.807, 2.05) is 44.2 Å². The van der Waals surface area contributed by atoms with E-state index in [1.165, 1.54) is 17.5 Å². The Morgan fingerprint density at radius 1 is 1.08 bits per heavy atom. The zero-order chi connectivity index (χ0) is 35.8. The van der Waals surface area contributed by atoms with Crippen LogP contribution in [-0.2, 0) is 22.7 Å². The van der Waals surface area contributed by atoms with Crippen molar-refractivity contribution < 1.29 is 19.2 Å². The number of piperidine rings is 2. The SMILES string of the molecule is Cc1nc(Nc2ncc(C(=O)Nc3c(C)cccc3Cl)s2)cc(N2CCC(N(C)Cc3ccc4c(c3)CN(C3CCC(=O)NC3=O)C4=O)CC2)n1. The first-order chi connectivity index (χ1) is 24.5. The van der Waals surface area contributed by atoms with Gasteiger partial charge >= 0.3 is 0 Å². The molecule has 13 nitrogen and oxygen atoms in total. The molecule has 2 aromatic heterocycles. The number of carbonyl (C=O) groups excluding carboxylic acids is 4. The van der Waals surface area contributed by atoms with Crippen molar-refractivity contribution in [3.05, 3.63) is 86.6 Å². The standard InChI is InChI=1S/C36H38ClN9O4S/c1-20-5-4-6-26(37)32(20)43-34(49)28-17-38-36(51-28)41-29-16-30(40-21(2)39-29)45-13-11-24(12-14-45)44(3)18-22-7-8-25-23(15-22)19-46(35(25)50)27-9-10-31(47)42-33(27)48/h4-8,15-17,24,27H,9-14,18-19H2,1-3H3,(H,43,49)(H,42,47,48)(H,38,39,40,41). The highest BCUT2D eigenvalue weighted by atomic mass is 35.5. The fourth-order valence-electron chi connectivity index (χ4n) is 6.97. The summed E-state index contributed by atoms with van der Waals surface area (Å²) in [6.45, 7) is 6.50. The van der Waals surface area contributed by atoms with Crippen LogP contribution in [0.5, 0.6) is 0 Å². The molecule has 0 saturated carbocycles. The summed E-state index contributed by atoms with van der Waals surface area (Å²) in [5.41, 5.74) is 4.11. The number of aryl methyl sites for hydroxylation is 2. The van der Waals surface area contributed by atoms with Crippen LogP contribution in [-0.4, -0.2) is 80.6 Å². The summed E-state index contributed by atoms with van der Waals surface area (Å²) in [6, 6.07) is 13.1. The first-order valence-corrected chi connectivity index (χ1v) is 18.1. The van der Waals surface area contributed by atoms with Crippen molar-refractivity contribution in [2.45, 2.75) is 64.7 Å². The summed E-state index contributed by atoms with van der Waals surface area (Å²) in [7, 11) is 2.13. The van der Waals surface area contributed by atoms with Gasteiger partial charge in [-0.05, 0) is 69.0 Å². The molecule has 4 amide bonds. The molecule has 3 N–H and O–H groups in total. The summed E-state index contributed by atoms with van der Waals surface area (Å²) in [6.07, 6.45) is 4.02. The molecule has 264 valence electrons. The number of amides is 4. The molecule has 7 rings (SSSR count). The topological polar surface area (TPSA) is 153 Å². The van der Waals surface area contributed by atoms with E-state index in [0.717, 1.165) is 55.0 Å². The summed E-state index contributed by atoms with van der Waals surface area (Å²) in [5, 5.41) is 9.51. The van der Waals surface area contributed by atoms with Gasteiger partial charge in [0.05, 0.1) is 16.9 Å². The van der Waals surface area contributed by atoms with Crippen molar-refractivity contribution in [3.63, 3.8) is 0 Å². The number of thiazole rings is 1. The molecule has 3 aliphatic heterocycles. The molecule has 3 aliphatic rings. The number of imide groups is 1. The lowest BCUT2D eigenvalue weighted by atomic mass is 10.0. The molecule has 0 aliphatic carbocycles. The molecule has 2 saturated heterocycles. The number of nitrogens with one attached hydrogen (secondary N) is 3. The highest BCUT2D eigenvalue weighted by Crippen LogP contribution is 2.31. The number of aromatic nitrogens is 3. The fraction of sp³-hybridized carbons (Fsp3) is 0.361. The molecule has 1 unspecified atom stereocenters. The van der Waals surface area contributed by atoms with Gasteiger partial charge in [-0.25, -0.2) is 15.0 Å². The molecule has 5 heterocycles. The predicted molar refractivity (Wildman–Crippen MR) is 195 cm³/mol. The van der Waals surface area contributed by atoms with Crippen molar-refractivity contribution in [2.24, 2.45) is 0 Å². The van der Waals surface area contributed by atoms with Crippen LogP contribution in [0.15, 0.2) is 48.7 Å². The van der Waals surface area contributed by atoms with Crippen LogP contribution in [0, 0.1) is 13.8 Å². The Morgan fingerprint density at radius 3 is 2.65 bits per heavy atom. The van der Waals surface area contributed by atoms with Gasteiger partial charge in [-0.1, -0.05) is 47.2 Å². The van der Waals surface area contributed by atoms with Crippen molar-refractivity contribution in [2.75, 3.05) is 35.7 Å². The second kappa shape index (κ2) is 14.4. The smallest absolute Gasteiger partial charge is 0.267 e. The van der Waals surface area contributed by atoms with Crippen LogP contribution < -0.4 is 20.9 Å². The zero-order valence-corrected chi connectivity index (χ0v) is 30.1. The van der Waals surface area contributed by atoms with Gasteiger partial charge in [0.25, 0.3) is 11.8 Å². The Balaban J connectivity index is 0.934. The second-order valence-electron chi connectivity index (χ2n) is 13.2. The number of benzene rings is 2. The lowest BCUT2D eigenvalue weighted by Crippen LogP contribution is -2.52. The summed E-state index contributed by atoms with van der Waals surface area (Å²) in [5.74, 6) is 0.929. The van der Waals surface area contributed by atoms with Crippen molar-refractivity contribution in [3.8, 4) is 0 Å². The molecular formula is C36H38ClN9O4S. The number of nitrogens with zero attached hydrogens (tertiary/aromatic N) is 6. The van der Waals surface area contributed by atoms with Gasteiger partial charge < -0.3 is 20.4 Å². The molecule has 15 heteroatoms. The van der Waals surface area contributed by atoms with Crippen molar-refractivity contribution in [1.29, 1.82) is 0 Å². The van der Waals surface area contributed by atoms with E-state index >= 15 is 0 Å². The van der Waals surface area contributed by atoms with Crippen LogP contribution in [0.2, 0.25) is 5.02 Å². The number of rotatable bonds is 9. The van der Waals surface area contributed by atoms with E-state index in [0.29, 0.717) is 56.9 Å². The number of fused-ring (bicyclic) bond motifs is 1. The van der Waals surface area contributed by atoms with Crippen LogP contribution in [0.3, 0.4) is 0 Å². The molecule has 0 bridgehead atoms. The van der Waals surface area contributed by atoms with Crippen molar-refractivity contribution >= 4 is 69.0 Å². The van der Waals surface area contributed by atoms with Gasteiger partial charge in [0.15, 0.2) is 5.13 Å². The third kappa shape index (κ3) is 7.43. The van der Waals surface area contributed by atoms with Gasteiger partial charge in [0.2, 0.25) is 11.8 Å². The first kappa shape index (κ1) is 34.5. The van der Waals surface area contributed by atoms with Gasteiger partial charge in [0, 0.05) is 50.3 Å². The van der Waals surface area contributed by atoms with Gasteiger partial charge in [-0.15, -0.1) is 0 Å². The Labute approximate surface area is 304 Å². The third-order valence-electron chi connectivity index (χ3n) is 9.68. The average molecular weight is 728 g/mol. The summed E-state index contributed by atoms with van der Waals surface area (Å²) in [4.78, 5) is 70.4. The van der Waals surface area contributed by atoms with E-state index in [1.54, 1.807) is 11.0 Å². The monoisotopic (exact) mass is 727 g/mol. The number of halogens is 1. The maximum Gasteiger partial charge on any atom is 0.267 e. The predicted octanol–water partition coefficient (Wildman–Crippen LogP) is 5.06. The first-order valence-electron chi connectivity index (χ1n) is 16.9. The zero-order valence-electron chi connectivity index (χ0n) is 28.5. The van der Waals surface area contributed by atoms with E-state index in [4.69, 9.17) is 16.6 Å². The van der Waals surface area contributed by atoms with Gasteiger partial charge in [-0.2, -0.15) is 0 Å². The van der Waals surface area contributed by atoms with Crippen molar-refractivity contribution in [1.82, 2.24) is 30.1 Å². The number of hydrogen-bond acceptors (Lipinski definition) is 11. The van der Waals surface area contributed by atoms with E-state index in [-0.39, 0.29) is 24.1 Å². The molecule has 2 fully saturated rings. The minimum atomic E-state index is -0.618. The number of anilines is 4. The Hall–Kier alpha value is -4.92. The Kier molecular flexibility index (Phi) is 9.73. The number of carbonyl (C=O) groups is 4. The highest BCUT2D eigenvalue weighted by molar-refractivity contribution is 7.17. The minimum Gasteiger partial charge on any atom is -0.356 e. The highest BCUT2D eigenvalue weighted by Gasteiger charge is 2.39. The largest absolute Gasteiger partial charge is 0.356 e. The number of hydrogen-bond donors (Lipinski definition) is 3. The molecule has 2 aromatic carbocycles. The third-order valence-corrected chi connectivity index (χ3v) is 10.9. The molecule has 1 atom stereocenters. The van der Waals surface area contributed by atoms with Gasteiger partial charge in [-0.3, -0.25) is 29.4 Å². The Morgan fingerprint density at radius 2 is 1.88 bits per heavy atom. The quantitative estimate of drug-likeness (QED) is 0.200. The molecule has 0 radical (unpaired) electrons. The second-order valence-corrected chi connectivity index (χ2v) is 14.7. The Bertz CT molecular complexity index is 2010.